The third-order valence-electron chi connectivity index (χ3n) is 4.49. The van der Waals surface area contributed by atoms with Gasteiger partial charge in [-0.1, -0.05) is 19.3 Å². The molecule has 21 heavy (non-hydrogen) atoms. The lowest BCUT2D eigenvalue weighted by atomic mass is 9.75. The van der Waals surface area contributed by atoms with Crippen LogP contribution in [0.2, 0.25) is 0 Å². The lowest BCUT2D eigenvalue weighted by Crippen LogP contribution is -2.40. The molecule has 1 aromatic heterocycles. The van der Waals surface area contributed by atoms with Gasteiger partial charge in [-0.15, -0.1) is 10.2 Å². The first-order chi connectivity index (χ1) is 10.1. The topological polar surface area (TPSA) is 75.2 Å². The fourth-order valence-corrected chi connectivity index (χ4v) is 3.39. The smallest absolute Gasteiger partial charge is 0.246 e. The van der Waals surface area contributed by atoms with Crippen molar-refractivity contribution in [1.82, 2.24) is 15.1 Å². The van der Waals surface area contributed by atoms with Gasteiger partial charge < -0.3 is 14.1 Å². The summed E-state index contributed by atoms with van der Waals surface area (Å²) in [6, 6.07) is 2.42. The Balaban J connectivity index is 1.81. The van der Waals surface area contributed by atoms with Gasteiger partial charge in [-0.25, -0.2) is 0 Å². The Hall–Kier alpha value is -1.45. The molecule has 1 aromatic rings. The highest BCUT2D eigenvalue weighted by Gasteiger charge is 2.40. The average molecular weight is 290 g/mol. The molecule has 0 radical (unpaired) electrons. The lowest BCUT2D eigenvalue weighted by Gasteiger charge is -2.32. The van der Waals surface area contributed by atoms with E-state index in [1.54, 1.807) is 0 Å². The Bertz CT molecular complexity index is 520. The molecule has 0 aromatic carbocycles. The molecule has 1 saturated carbocycles. The van der Waals surface area contributed by atoms with Crippen molar-refractivity contribution >= 4 is 0 Å². The van der Waals surface area contributed by atoms with Crippen LogP contribution >= 0.6 is 0 Å². The maximum absolute atomic E-state index is 9.58. The van der Waals surface area contributed by atoms with Crippen LogP contribution in [0.1, 0.15) is 56.9 Å². The van der Waals surface area contributed by atoms with Gasteiger partial charge in [-0.05, 0) is 26.8 Å². The summed E-state index contributed by atoms with van der Waals surface area (Å²) >= 11 is 0. The molecule has 2 aliphatic rings. The molecular formula is C15H22N4O2. The molecule has 0 amide bonds. The van der Waals surface area contributed by atoms with E-state index < -0.39 is 5.41 Å². The highest BCUT2D eigenvalue weighted by atomic mass is 16.5. The highest BCUT2D eigenvalue weighted by Crippen LogP contribution is 2.39. The average Bonchev–Trinajstić information content (AvgIpc) is 2.97. The number of morpholine rings is 1. The maximum atomic E-state index is 9.58. The molecule has 1 saturated heterocycles. The number of aromatic nitrogens is 2. The first kappa shape index (κ1) is 14.5. The number of ether oxygens (including phenoxy) is 1. The zero-order chi connectivity index (χ0) is 14.9. The van der Waals surface area contributed by atoms with E-state index in [-0.39, 0.29) is 12.2 Å². The van der Waals surface area contributed by atoms with Crippen molar-refractivity contribution < 1.29 is 9.15 Å². The first-order valence-electron chi connectivity index (χ1n) is 7.72. The summed E-state index contributed by atoms with van der Waals surface area (Å²) < 4.78 is 11.7. The van der Waals surface area contributed by atoms with E-state index in [0.29, 0.717) is 11.8 Å². The van der Waals surface area contributed by atoms with Crippen molar-refractivity contribution in [1.29, 1.82) is 5.26 Å². The predicted molar refractivity (Wildman–Crippen MR) is 75.5 cm³/mol. The lowest BCUT2D eigenvalue weighted by molar-refractivity contribution is -0.0828. The van der Waals surface area contributed by atoms with Crippen molar-refractivity contribution in [2.75, 3.05) is 20.1 Å². The Morgan fingerprint density at radius 3 is 2.67 bits per heavy atom. The summed E-state index contributed by atoms with van der Waals surface area (Å²) in [6.45, 7) is 3.68. The predicted octanol–water partition coefficient (Wildman–Crippen LogP) is 2.19. The van der Waals surface area contributed by atoms with Crippen LogP contribution in [0.3, 0.4) is 0 Å². The van der Waals surface area contributed by atoms with Crippen LogP contribution in [-0.2, 0) is 10.2 Å². The minimum Gasteiger partial charge on any atom is -0.421 e. The van der Waals surface area contributed by atoms with Crippen LogP contribution in [0.25, 0.3) is 0 Å². The van der Waals surface area contributed by atoms with Gasteiger partial charge in [-0.3, -0.25) is 0 Å². The van der Waals surface area contributed by atoms with Crippen LogP contribution in [0, 0.1) is 11.3 Å². The van der Waals surface area contributed by atoms with E-state index in [4.69, 9.17) is 9.15 Å². The van der Waals surface area contributed by atoms with Gasteiger partial charge in [0.15, 0.2) is 0 Å². The van der Waals surface area contributed by atoms with Gasteiger partial charge in [0.1, 0.15) is 11.5 Å². The minimum absolute atomic E-state index is 0.142. The van der Waals surface area contributed by atoms with Gasteiger partial charge in [0.05, 0.1) is 12.2 Å². The van der Waals surface area contributed by atoms with Crippen LogP contribution in [0.4, 0.5) is 0 Å². The second kappa shape index (κ2) is 5.74. The number of hydrogen-bond donors (Lipinski definition) is 0. The second-order valence-corrected chi connectivity index (χ2v) is 6.36. The molecule has 2 fully saturated rings. The molecule has 0 unspecified atom stereocenters. The molecule has 2 heterocycles. The van der Waals surface area contributed by atoms with E-state index in [1.165, 1.54) is 6.42 Å². The van der Waals surface area contributed by atoms with E-state index in [0.717, 1.165) is 38.8 Å². The fraction of sp³-hybridized carbons (Fsp3) is 0.800. The zero-order valence-corrected chi connectivity index (χ0v) is 12.7. The second-order valence-electron chi connectivity index (χ2n) is 6.36. The summed E-state index contributed by atoms with van der Waals surface area (Å²) in [5, 5.41) is 17.9. The summed E-state index contributed by atoms with van der Waals surface area (Å²) in [5.41, 5.74) is -0.588. The van der Waals surface area contributed by atoms with Gasteiger partial charge in [0.2, 0.25) is 11.8 Å². The third kappa shape index (κ3) is 2.81. The number of likely N-dealkylation sites (N-methyl/N-ethyl adjacent to an activating group) is 1. The van der Waals surface area contributed by atoms with Gasteiger partial charge >= 0.3 is 0 Å². The van der Waals surface area contributed by atoms with Crippen molar-refractivity contribution in [3.05, 3.63) is 11.8 Å². The van der Waals surface area contributed by atoms with E-state index in [9.17, 15) is 5.26 Å². The quantitative estimate of drug-likeness (QED) is 0.831. The molecule has 6 nitrogen and oxygen atoms in total. The molecule has 3 rings (SSSR count). The van der Waals surface area contributed by atoms with E-state index >= 15 is 0 Å². The highest BCUT2D eigenvalue weighted by molar-refractivity contribution is 5.19. The zero-order valence-electron chi connectivity index (χ0n) is 12.7. The van der Waals surface area contributed by atoms with Crippen LogP contribution in [-0.4, -0.2) is 41.3 Å². The molecule has 1 aliphatic heterocycles. The summed E-state index contributed by atoms with van der Waals surface area (Å²) in [6.07, 6.45) is 4.84. The molecule has 1 aliphatic carbocycles. The third-order valence-corrected chi connectivity index (χ3v) is 4.49. The molecule has 114 valence electrons. The number of nitrogens with zero attached hydrogens (tertiary/aromatic N) is 4. The molecule has 0 N–H and O–H groups in total. The number of nitriles is 1. The minimum atomic E-state index is -0.588. The van der Waals surface area contributed by atoms with Crippen molar-refractivity contribution in [3.63, 3.8) is 0 Å². The summed E-state index contributed by atoms with van der Waals surface area (Å²) in [7, 11) is 2.06. The Labute approximate surface area is 125 Å². The number of hydrogen-bond acceptors (Lipinski definition) is 6. The monoisotopic (exact) mass is 290 g/mol. The maximum Gasteiger partial charge on any atom is 0.246 e. The van der Waals surface area contributed by atoms with Crippen LogP contribution < -0.4 is 0 Å². The van der Waals surface area contributed by atoms with Crippen LogP contribution in [0.5, 0.6) is 0 Å². The van der Waals surface area contributed by atoms with Crippen molar-refractivity contribution in [2.45, 2.75) is 56.7 Å². The van der Waals surface area contributed by atoms with Crippen molar-refractivity contribution in [3.8, 4) is 6.07 Å². The Morgan fingerprint density at radius 2 is 2.00 bits per heavy atom. The van der Waals surface area contributed by atoms with E-state index in [1.807, 2.05) is 6.92 Å². The van der Waals surface area contributed by atoms with E-state index in [2.05, 4.69) is 28.2 Å². The first-order valence-corrected chi connectivity index (χ1v) is 7.72. The Kier molecular flexibility index (Phi) is 3.96. The standard InChI is InChI=1S/C15H22N4O2/c1-11-8-19(2)9-12(20-11)13-17-18-14(21-13)15(10-16)6-4-3-5-7-15/h11-12H,3-9H2,1-2H3/t11-,12-/m1/s1. The van der Waals surface area contributed by atoms with Gasteiger partial charge in [-0.2, -0.15) is 5.26 Å². The summed E-state index contributed by atoms with van der Waals surface area (Å²) in [4.78, 5) is 2.20. The fourth-order valence-electron chi connectivity index (χ4n) is 3.39. The molecule has 0 bridgehead atoms. The normalized spacial score (nSPS) is 30.0. The number of rotatable bonds is 2. The Morgan fingerprint density at radius 1 is 1.24 bits per heavy atom. The van der Waals surface area contributed by atoms with Gasteiger partial charge in [0, 0.05) is 13.1 Å². The molecule has 2 atom stereocenters. The van der Waals surface area contributed by atoms with Crippen molar-refractivity contribution in [2.24, 2.45) is 0 Å². The summed E-state index contributed by atoms with van der Waals surface area (Å²) in [5.74, 6) is 0.979. The molecular weight excluding hydrogens is 268 g/mol. The molecule has 0 spiro atoms. The van der Waals surface area contributed by atoms with Gasteiger partial charge in [0.25, 0.3) is 0 Å². The van der Waals surface area contributed by atoms with Crippen LogP contribution in [0.15, 0.2) is 4.42 Å². The SMILES string of the molecule is C[C@@H]1CN(C)C[C@H](c2nnc(C3(C#N)CCCCC3)o2)O1. The molecule has 6 heteroatoms. The largest absolute Gasteiger partial charge is 0.421 e.